The second-order valence-electron chi connectivity index (χ2n) is 7.42. The molecule has 2 aromatic carbocycles. The summed E-state index contributed by atoms with van der Waals surface area (Å²) in [5.74, 6) is -0.565. The lowest BCUT2D eigenvalue weighted by Crippen LogP contribution is -2.39. The quantitative estimate of drug-likeness (QED) is 0.524. The Hall–Kier alpha value is -2.99. The minimum Gasteiger partial charge on any atom is -0.469 e. The number of aromatic nitrogens is 1. The second kappa shape index (κ2) is 8.17. The van der Waals surface area contributed by atoms with E-state index < -0.39 is 0 Å². The first kappa shape index (κ1) is 19.3. The molecular formula is C23H23FN2O3. The van der Waals surface area contributed by atoms with Gasteiger partial charge in [0, 0.05) is 10.9 Å². The van der Waals surface area contributed by atoms with Crippen LogP contribution in [0.4, 0.5) is 4.39 Å². The zero-order valence-electron chi connectivity index (χ0n) is 16.3. The van der Waals surface area contributed by atoms with E-state index in [4.69, 9.17) is 4.74 Å². The number of aromatic amines is 1. The fourth-order valence-electron chi connectivity index (χ4n) is 4.04. The molecule has 0 amide bonds. The average Bonchev–Trinajstić information content (AvgIpc) is 3.14. The number of piperidine rings is 1. The lowest BCUT2D eigenvalue weighted by Gasteiger charge is -2.30. The first-order valence-electron chi connectivity index (χ1n) is 9.77. The van der Waals surface area contributed by atoms with Crippen molar-refractivity contribution in [2.75, 3.05) is 26.7 Å². The number of hydrogen-bond acceptors (Lipinski definition) is 4. The number of ketones is 1. The Morgan fingerprint density at radius 2 is 1.79 bits per heavy atom. The van der Waals surface area contributed by atoms with Crippen molar-refractivity contribution in [2.45, 2.75) is 12.8 Å². The summed E-state index contributed by atoms with van der Waals surface area (Å²) < 4.78 is 18.2. The first-order chi connectivity index (χ1) is 14.1. The van der Waals surface area contributed by atoms with Crippen LogP contribution >= 0.6 is 0 Å². The zero-order chi connectivity index (χ0) is 20.4. The zero-order valence-corrected chi connectivity index (χ0v) is 16.3. The molecule has 0 saturated carbocycles. The summed E-state index contributed by atoms with van der Waals surface area (Å²) in [6, 6.07) is 13.8. The third-order valence-electron chi connectivity index (χ3n) is 5.61. The summed E-state index contributed by atoms with van der Waals surface area (Å²) >= 11 is 0. The van der Waals surface area contributed by atoms with E-state index in [9.17, 15) is 14.0 Å². The average molecular weight is 394 g/mol. The molecule has 1 aromatic heterocycles. The van der Waals surface area contributed by atoms with Crippen LogP contribution in [0.25, 0.3) is 22.2 Å². The molecule has 150 valence electrons. The monoisotopic (exact) mass is 394 g/mol. The van der Waals surface area contributed by atoms with E-state index in [2.05, 4.69) is 9.88 Å². The fourth-order valence-corrected chi connectivity index (χ4v) is 4.04. The summed E-state index contributed by atoms with van der Waals surface area (Å²) in [5.41, 5.74) is 2.98. The van der Waals surface area contributed by atoms with Crippen LogP contribution in [0.5, 0.6) is 0 Å². The van der Waals surface area contributed by atoms with E-state index in [0.717, 1.165) is 16.5 Å². The smallest absolute Gasteiger partial charge is 0.308 e. The Morgan fingerprint density at radius 1 is 1.10 bits per heavy atom. The number of methoxy groups -OCH3 is 1. The molecule has 1 aliphatic rings. The Kier molecular flexibility index (Phi) is 5.45. The van der Waals surface area contributed by atoms with Gasteiger partial charge in [0.05, 0.1) is 30.8 Å². The topological polar surface area (TPSA) is 62.4 Å². The number of esters is 1. The van der Waals surface area contributed by atoms with E-state index in [0.29, 0.717) is 37.2 Å². The van der Waals surface area contributed by atoms with Gasteiger partial charge in [-0.3, -0.25) is 14.5 Å². The Balaban J connectivity index is 1.60. The van der Waals surface area contributed by atoms with E-state index in [-0.39, 0.29) is 30.0 Å². The van der Waals surface area contributed by atoms with Crippen LogP contribution in [0.1, 0.15) is 23.2 Å². The van der Waals surface area contributed by atoms with Gasteiger partial charge in [0.1, 0.15) is 5.82 Å². The number of ether oxygens (including phenoxy) is 1. The SMILES string of the molecule is COC(=O)C1CCN(CC(=O)c2c(-c3ccc(F)cc3)[nH]c3ccccc23)CC1. The summed E-state index contributed by atoms with van der Waals surface area (Å²) in [6.45, 7) is 1.64. The van der Waals surface area contributed by atoms with E-state index in [1.807, 2.05) is 24.3 Å². The van der Waals surface area contributed by atoms with Gasteiger partial charge in [-0.25, -0.2) is 4.39 Å². The number of H-pyrrole nitrogens is 1. The molecule has 1 fully saturated rings. The van der Waals surface area contributed by atoms with Gasteiger partial charge in [0.15, 0.2) is 5.78 Å². The number of rotatable bonds is 5. The molecule has 5 nitrogen and oxygen atoms in total. The largest absolute Gasteiger partial charge is 0.469 e. The first-order valence-corrected chi connectivity index (χ1v) is 9.77. The number of Topliss-reactive ketones (excluding diaryl/α,β-unsaturated/α-hetero) is 1. The van der Waals surface area contributed by atoms with Crippen LogP contribution in [0, 0.1) is 11.7 Å². The van der Waals surface area contributed by atoms with Gasteiger partial charge in [-0.2, -0.15) is 0 Å². The highest BCUT2D eigenvalue weighted by Gasteiger charge is 2.28. The van der Waals surface area contributed by atoms with Crippen molar-refractivity contribution in [3.05, 3.63) is 59.9 Å². The highest BCUT2D eigenvalue weighted by molar-refractivity contribution is 6.14. The van der Waals surface area contributed by atoms with Crippen LogP contribution in [0.15, 0.2) is 48.5 Å². The van der Waals surface area contributed by atoms with Crippen molar-refractivity contribution in [3.63, 3.8) is 0 Å². The number of nitrogens with zero attached hydrogens (tertiary/aromatic N) is 1. The third kappa shape index (κ3) is 3.93. The molecule has 0 bridgehead atoms. The summed E-state index contributed by atoms with van der Waals surface area (Å²) in [6.07, 6.45) is 1.39. The van der Waals surface area contributed by atoms with Gasteiger partial charge in [0.25, 0.3) is 0 Å². The molecule has 1 N–H and O–H groups in total. The molecule has 0 spiro atoms. The van der Waals surface area contributed by atoms with E-state index in [1.54, 1.807) is 12.1 Å². The summed E-state index contributed by atoms with van der Waals surface area (Å²) in [4.78, 5) is 30.4. The van der Waals surface area contributed by atoms with E-state index in [1.165, 1.54) is 19.2 Å². The molecular weight excluding hydrogens is 371 g/mol. The van der Waals surface area contributed by atoms with Crippen LogP contribution in [-0.2, 0) is 9.53 Å². The van der Waals surface area contributed by atoms with Crippen molar-refractivity contribution >= 4 is 22.7 Å². The lowest BCUT2D eigenvalue weighted by atomic mass is 9.96. The highest BCUT2D eigenvalue weighted by Crippen LogP contribution is 2.31. The highest BCUT2D eigenvalue weighted by atomic mass is 19.1. The van der Waals surface area contributed by atoms with Crippen LogP contribution in [0.2, 0.25) is 0 Å². The number of likely N-dealkylation sites (tertiary alicyclic amines) is 1. The number of benzene rings is 2. The molecule has 2 heterocycles. The number of para-hydroxylation sites is 1. The number of hydrogen-bond donors (Lipinski definition) is 1. The second-order valence-corrected chi connectivity index (χ2v) is 7.42. The molecule has 3 aromatic rings. The van der Waals surface area contributed by atoms with Gasteiger partial charge in [0.2, 0.25) is 0 Å². The predicted molar refractivity (Wildman–Crippen MR) is 109 cm³/mol. The summed E-state index contributed by atoms with van der Waals surface area (Å²) in [5, 5.41) is 0.862. The number of halogens is 1. The van der Waals surface area contributed by atoms with Crippen molar-refractivity contribution < 1.29 is 18.7 Å². The normalized spacial score (nSPS) is 15.5. The molecule has 0 aliphatic carbocycles. The maximum absolute atomic E-state index is 13.4. The van der Waals surface area contributed by atoms with Gasteiger partial charge < -0.3 is 9.72 Å². The maximum Gasteiger partial charge on any atom is 0.308 e. The fraction of sp³-hybridized carbons (Fsp3) is 0.304. The molecule has 0 unspecified atom stereocenters. The number of nitrogens with one attached hydrogen (secondary N) is 1. The van der Waals surface area contributed by atoms with Gasteiger partial charge in [-0.15, -0.1) is 0 Å². The molecule has 1 saturated heterocycles. The molecule has 6 heteroatoms. The predicted octanol–water partition coefficient (Wildman–Crippen LogP) is 4.04. The summed E-state index contributed by atoms with van der Waals surface area (Å²) in [7, 11) is 1.41. The number of fused-ring (bicyclic) bond motifs is 1. The Bertz CT molecular complexity index is 1030. The van der Waals surface area contributed by atoms with Crippen molar-refractivity contribution in [1.29, 1.82) is 0 Å². The van der Waals surface area contributed by atoms with Gasteiger partial charge in [-0.1, -0.05) is 18.2 Å². The standard InChI is InChI=1S/C23H23FN2O3/c1-29-23(28)16-10-12-26(13-11-16)14-20(27)21-18-4-2-3-5-19(18)25-22(21)15-6-8-17(24)9-7-15/h2-9,16,25H,10-14H2,1H3. The van der Waals surface area contributed by atoms with Crippen molar-refractivity contribution in [1.82, 2.24) is 9.88 Å². The molecule has 1 aliphatic heterocycles. The van der Waals surface area contributed by atoms with Crippen LogP contribution in [0.3, 0.4) is 0 Å². The van der Waals surface area contributed by atoms with Gasteiger partial charge in [-0.05, 0) is 61.8 Å². The van der Waals surface area contributed by atoms with Crippen molar-refractivity contribution in [3.8, 4) is 11.3 Å². The van der Waals surface area contributed by atoms with E-state index >= 15 is 0 Å². The van der Waals surface area contributed by atoms with Gasteiger partial charge >= 0.3 is 5.97 Å². The number of carbonyl (C=O) groups is 2. The van der Waals surface area contributed by atoms with Crippen LogP contribution in [-0.4, -0.2) is 48.4 Å². The lowest BCUT2D eigenvalue weighted by molar-refractivity contribution is -0.146. The maximum atomic E-state index is 13.4. The molecule has 0 atom stereocenters. The minimum atomic E-state index is -0.314. The molecule has 29 heavy (non-hydrogen) atoms. The Morgan fingerprint density at radius 3 is 2.48 bits per heavy atom. The van der Waals surface area contributed by atoms with Crippen LogP contribution < -0.4 is 0 Å². The minimum absolute atomic E-state index is 0.0123. The molecule has 4 rings (SSSR count). The molecule has 0 radical (unpaired) electrons. The van der Waals surface area contributed by atoms with Crippen molar-refractivity contribution in [2.24, 2.45) is 5.92 Å². The number of carbonyl (C=O) groups excluding carboxylic acids is 2. The third-order valence-corrected chi connectivity index (χ3v) is 5.61. The Labute approximate surface area is 168 Å².